The van der Waals surface area contributed by atoms with Crippen LogP contribution in [0.3, 0.4) is 0 Å². The number of aromatic amines is 1. The number of hydrogen-bond acceptors (Lipinski definition) is 15. The topological polar surface area (TPSA) is 303 Å². The second-order valence-electron chi connectivity index (χ2n) is 9.37. The third kappa shape index (κ3) is 7.80. The summed E-state index contributed by atoms with van der Waals surface area (Å²) in [5.41, 5.74) is -1.89. The van der Waals surface area contributed by atoms with Crippen molar-refractivity contribution in [1.82, 2.24) is 24.4 Å². The number of carboxylic acids is 1. The van der Waals surface area contributed by atoms with E-state index < -0.39 is 85.1 Å². The van der Waals surface area contributed by atoms with E-state index in [1.165, 1.54) is 10.8 Å². The molecular weight excluding hydrogens is 647 g/mol. The summed E-state index contributed by atoms with van der Waals surface area (Å²) in [7, 11) is 0. The maximum absolute atomic E-state index is 11.8. The first-order valence-electron chi connectivity index (χ1n) is 12.5. The molecule has 235 valence electrons. The van der Waals surface area contributed by atoms with Gasteiger partial charge in [0.25, 0.3) is 5.56 Å². The zero-order chi connectivity index (χ0) is 32.0. The van der Waals surface area contributed by atoms with Crippen molar-refractivity contribution >= 4 is 26.7 Å². The van der Waals surface area contributed by atoms with Crippen molar-refractivity contribution in [3.8, 4) is 6.07 Å². The third-order valence-corrected chi connectivity index (χ3v) is 7.11. The molecule has 0 aromatic carbocycles. The van der Waals surface area contributed by atoms with Gasteiger partial charge in [-0.05, 0) is 0 Å². The van der Waals surface area contributed by atoms with Gasteiger partial charge in [0, 0.05) is 11.8 Å². The zero-order valence-electron chi connectivity index (χ0n) is 22.1. The quantitative estimate of drug-likeness (QED) is 0.111. The van der Waals surface area contributed by atoms with Crippen molar-refractivity contribution in [3.63, 3.8) is 0 Å². The summed E-state index contributed by atoms with van der Waals surface area (Å²) < 4.78 is 12.9. The van der Waals surface area contributed by atoms with E-state index >= 15 is 0 Å². The molecule has 9 N–H and O–H groups in total. The fourth-order valence-electron chi connectivity index (χ4n) is 4.25. The number of nitrogens with one attached hydrogen (secondary N) is 2. The van der Waals surface area contributed by atoms with Crippen molar-refractivity contribution in [2.24, 2.45) is 0 Å². The second-order valence-corrected chi connectivity index (χ2v) is 10.1. The average Bonchev–Trinajstić information content (AvgIpc) is 3.41. The van der Waals surface area contributed by atoms with E-state index in [2.05, 4.69) is 26.3 Å². The van der Waals surface area contributed by atoms with Crippen LogP contribution in [0, 0.1) is 11.3 Å². The summed E-state index contributed by atoms with van der Waals surface area (Å²) in [6, 6.07) is 1.77. The van der Waals surface area contributed by atoms with Crippen LogP contribution in [0.15, 0.2) is 26.8 Å². The Hall–Kier alpha value is -3.32. The van der Waals surface area contributed by atoms with Crippen LogP contribution in [0.4, 0.5) is 0 Å². The fourth-order valence-corrected chi connectivity index (χ4v) is 4.75. The van der Waals surface area contributed by atoms with Gasteiger partial charge in [-0.15, -0.1) is 0 Å². The second kappa shape index (κ2) is 14.9. The van der Waals surface area contributed by atoms with E-state index in [1.807, 2.05) is 4.98 Å². The third-order valence-electron chi connectivity index (χ3n) is 6.47. The minimum absolute atomic E-state index is 0.0323. The summed E-state index contributed by atoms with van der Waals surface area (Å²) in [5.74, 6) is -1.07. The van der Waals surface area contributed by atoms with Gasteiger partial charge in [-0.1, -0.05) is 0 Å². The van der Waals surface area contributed by atoms with Crippen LogP contribution < -0.4 is 26.8 Å². The van der Waals surface area contributed by atoms with Gasteiger partial charge < -0.3 is 20.1 Å². The molecule has 19 nitrogen and oxygen atoms in total. The summed E-state index contributed by atoms with van der Waals surface area (Å²) in [5, 5.41) is 77.1. The molecule has 0 amide bonds. The molecule has 2 saturated heterocycles. The number of nitriles is 1. The van der Waals surface area contributed by atoms with E-state index in [1.54, 1.807) is 6.07 Å². The van der Waals surface area contributed by atoms with E-state index in [0.717, 1.165) is 10.8 Å². The van der Waals surface area contributed by atoms with Gasteiger partial charge >= 0.3 is 144 Å². The predicted molar refractivity (Wildman–Crippen MR) is 140 cm³/mol. The first kappa shape index (κ1) is 34.2. The molecule has 0 bridgehead atoms. The molecule has 20 heteroatoms. The van der Waals surface area contributed by atoms with Gasteiger partial charge in [-0.25, -0.2) is 4.79 Å². The molecule has 0 unspecified atom stereocenters. The number of aliphatic hydroxyl groups is 6. The number of H-pyrrole nitrogens is 1. The number of hydrogen-bond donors (Lipinski definition) is 9. The molecule has 2 fully saturated rings. The fraction of sp³-hybridized carbons (Fsp3) is 0.565. The Kier molecular flexibility index (Phi) is 11.9. The van der Waals surface area contributed by atoms with E-state index in [-0.39, 0.29) is 35.4 Å². The standard InChI is InChI=1S/C12H16N3O7Se.C11H13N3O6/c16-4-6-8(19)9(20)11(22-6)15-3-5(1-13-2-7(17)18)10(21)14-12(15)23;12-2-1-5-3-14(11(19)13-9(5)18)10-8(17)7(16)6(4-15)20-10/h3,6,8-9,11,13,16,19-20H,1-2,4H2,(H,17,18);3,6-8,10,15-17H,1,4H2,(H,13,18,19)/t6-,8-,9-,11-;6-,7-,8-,10-/m11/s1. The molecule has 1 radical (unpaired) electrons. The van der Waals surface area contributed by atoms with E-state index in [4.69, 9.17) is 30.1 Å². The summed E-state index contributed by atoms with van der Waals surface area (Å²) >= 11 is 2.56. The Morgan fingerprint density at radius 2 is 1.51 bits per heavy atom. The van der Waals surface area contributed by atoms with Crippen LogP contribution in [-0.4, -0.2) is 133 Å². The molecule has 2 aromatic rings. The van der Waals surface area contributed by atoms with Crippen molar-refractivity contribution in [2.75, 3.05) is 19.8 Å². The molecule has 2 aliphatic rings. The SMILES string of the molecule is N#CCc1cn([C@@H]2O[C@H](CO)[C@@H](O)[C@H]2O)c(=O)[nH]c1=O.O=C(O)CNCc1cn([C@@H]2O[C@H](CO)[C@@H](O)[C@H]2O)c([Se])nc1=O. The van der Waals surface area contributed by atoms with Gasteiger partial charge in [-0.3, -0.25) is 14.3 Å². The Labute approximate surface area is 249 Å². The summed E-state index contributed by atoms with van der Waals surface area (Å²) in [4.78, 5) is 51.2. The zero-order valence-corrected chi connectivity index (χ0v) is 23.8. The maximum atomic E-state index is 11.8. The predicted octanol–water partition coefficient (Wildman–Crippen LogP) is -6.96. The van der Waals surface area contributed by atoms with Gasteiger partial charge in [0.15, 0.2) is 6.23 Å². The van der Waals surface area contributed by atoms with Crippen LogP contribution in [0.5, 0.6) is 0 Å². The van der Waals surface area contributed by atoms with Crippen LogP contribution >= 0.6 is 0 Å². The summed E-state index contributed by atoms with van der Waals surface area (Å²) in [6.07, 6.45) is -7.43. The monoisotopic (exact) mass is 677 g/mol. The summed E-state index contributed by atoms with van der Waals surface area (Å²) in [6.45, 7) is -1.36. The van der Waals surface area contributed by atoms with Crippen molar-refractivity contribution in [1.29, 1.82) is 5.26 Å². The molecule has 0 spiro atoms. The molecular formula is C23H29N6O13Se. The minimum atomic E-state index is -1.44. The van der Waals surface area contributed by atoms with Crippen LogP contribution in [-0.2, 0) is 27.2 Å². The molecule has 43 heavy (non-hydrogen) atoms. The van der Waals surface area contributed by atoms with Gasteiger partial charge in [0.1, 0.15) is 18.3 Å². The van der Waals surface area contributed by atoms with Crippen molar-refractivity contribution < 1.29 is 50.0 Å². The van der Waals surface area contributed by atoms with Crippen molar-refractivity contribution in [3.05, 3.63) is 54.7 Å². The number of ether oxygens (including phenoxy) is 2. The number of rotatable bonds is 9. The van der Waals surface area contributed by atoms with E-state index in [0.29, 0.717) is 0 Å². The molecule has 0 saturated carbocycles. The van der Waals surface area contributed by atoms with Crippen molar-refractivity contribution in [2.45, 2.75) is 62.0 Å². The van der Waals surface area contributed by atoms with Crippen LogP contribution in [0.2, 0.25) is 0 Å². The van der Waals surface area contributed by atoms with Crippen LogP contribution in [0.1, 0.15) is 23.6 Å². The molecule has 4 rings (SSSR count). The molecule has 4 heterocycles. The Bertz CT molecular complexity index is 1510. The van der Waals surface area contributed by atoms with Gasteiger partial charge in [0.05, 0.1) is 19.1 Å². The molecule has 2 aliphatic heterocycles. The number of aliphatic hydroxyl groups excluding tert-OH is 6. The molecule has 8 atom stereocenters. The Morgan fingerprint density at radius 1 is 0.977 bits per heavy atom. The number of carbonyl (C=O) groups is 1. The average molecular weight is 676 g/mol. The van der Waals surface area contributed by atoms with E-state index in [9.17, 15) is 39.6 Å². The Morgan fingerprint density at radius 3 is 2.00 bits per heavy atom. The number of nitrogens with zero attached hydrogens (tertiary/aromatic N) is 4. The Balaban J connectivity index is 0.000000238. The molecule has 2 aromatic heterocycles. The number of aromatic nitrogens is 4. The first-order valence-corrected chi connectivity index (χ1v) is 13.4. The van der Waals surface area contributed by atoms with Crippen LogP contribution in [0.25, 0.3) is 0 Å². The number of aliphatic carboxylic acids is 1. The number of carboxylic acid groups (broad SMARTS) is 1. The normalized spacial score (nSPS) is 28.2. The first-order chi connectivity index (χ1) is 20.3. The molecule has 0 aliphatic carbocycles. The van der Waals surface area contributed by atoms with Gasteiger partial charge in [0.2, 0.25) is 0 Å². The van der Waals surface area contributed by atoms with Gasteiger partial charge in [-0.2, -0.15) is 5.26 Å².